The molecule has 20 heavy (non-hydrogen) atoms. The summed E-state index contributed by atoms with van der Waals surface area (Å²) in [5.74, 6) is 0. The van der Waals surface area contributed by atoms with Crippen molar-refractivity contribution in [2.24, 2.45) is 0 Å². The lowest BCUT2D eigenvalue weighted by Gasteiger charge is -2.31. The number of aliphatic hydroxyl groups excluding tert-OH is 1. The van der Waals surface area contributed by atoms with Gasteiger partial charge in [0.25, 0.3) is 0 Å². The van der Waals surface area contributed by atoms with Crippen LogP contribution in [0, 0.1) is 6.92 Å². The van der Waals surface area contributed by atoms with Gasteiger partial charge in [0.1, 0.15) is 0 Å². The second-order valence-electron chi connectivity index (χ2n) is 5.07. The van der Waals surface area contributed by atoms with Crippen molar-refractivity contribution < 1.29 is 9.84 Å². The van der Waals surface area contributed by atoms with E-state index in [-0.39, 0.29) is 6.61 Å². The molecule has 1 fully saturated rings. The number of benzene rings is 1. The summed E-state index contributed by atoms with van der Waals surface area (Å²) in [6, 6.07) is 6.03. The standard InChI is InChI=1S/C15H23ClN2O2/c1-13-3-2-4-14(15(13)16)18(7-10-19)6-5-17-8-11-20-12-9-17/h2-4,19H,5-12H2,1H3. The molecule has 0 unspecified atom stereocenters. The van der Waals surface area contributed by atoms with Crippen LogP contribution in [0.15, 0.2) is 18.2 Å². The van der Waals surface area contributed by atoms with Crippen LogP contribution in [0.5, 0.6) is 0 Å². The molecule has 1 saturated heterocycles. The fourth-order valence-corrected chi connectivity index (χ4v) is 2.68. The minimum Gasteiger partial charge on any atom is -0.395 e. The van der Waals surface area contributed by atoms with E-state index in [1.165, 1.54) is 0 Å². The second-order valence-corrected chi connectivity index (χ2v) is 5.45. The van der Waals surface area contributed by atoms with Crippen molar-refractivity contribution in [1.82, 2.24) is 4.90 Å². The van der Waals surface area contributed by atoms with Crippen molar-refractivity contribution in [3.63, 3.8) is 0 Å². The van der Waals surface area contributed by atoms with Gasteiger partial charge in [0, 0.05) is 32.7 Å². The molecule has 0 spiro atoms. The van der Waals surface area contributed by atoms with Crippen LogP contribution < -0.4 is 4.90 Å². The highest BCUT2D eigenvalue weighted by atomic mass is 35.5. The Morgan fingerprint density at radius 3 is 2.75 bits per heavy atom. The van der Waals surface area contributed by atoms with E-state index in [0.29, 0.717) is 6.54 Å². The summed E-state index contributed by atoms with van der Waals surface area (Å²) in [4.78, 5) is 4.54. The van der Waals surface area contributed by atoms with Crippen LogP contribution in [0.4, 0.5) is 5.69 Å². The Balaban J connectivity index is 2.00. The first-order chi connectivity index (χ1) is 9.72. The van der Waals surface area contributed by atoms with Gasteiger partial charge in [-0.15, -0.1) is 0 Å². The van der Waals surface area contributed by atoms with E-state index in [9.17, 15) is 5.11 Å². The number of ether oxygens (including phenoxy) is 1. The van der Waals surface area contributed by atoms with Crippen molar-refractivity contribution in [3.8, 4) is 0 Å². The summed E-state index contributed by atoms with van der Waals surface area (Å²) in [6.07, 6.45) is 0. The van der Waals surface area contributed by atoms with Crippen molar-refractivity contribution in [2.45, 2.75) is 6.92 Å². The number of hydrogen-bond acceptors (Lipinski definition) is 4. The van der Waals surface area contributed by atoms with E-state index in [4.69, 9.17) is 16.3 Å². The number of nitrogens with zero attached hydrogens (tertiary/aromatic N) is 2. The summed E-state index contributed by atoms with van der Waals surface area (Å²) in [7, 11) is 0. The molecule has 0 radical (unpaired) electrons. The topological polar surface area (TPSA) is 35.9 Å². The predicted molar refractivity (Wildman–Crippen MR) is 82.7 cm³/mol. The number of rotatable bonds is 6. The smallest absolute Gasteiger partial charge is 0.0668 e. The summed E-state index contributed by atoms with van der Waals surface area (Å²) < 4.78 is 5.36. The first-order valence-electron chi connectivity index (χ1n) is 7.13. The van der Waals surface area contributed by atoms with E-state index in [0.717, 1.165) is 55.7 Å². The lowest BCUT2D eigenvalue weighted by Crippen LogP contribution is -2.42. The molecule has 1 heterocycles. The predicted octanol–water partition coefficient (Wildman–Crippen LogP) is 1.78. The van der Waals surface area contributed by atoms with Crippen LogP contribution in [-0.2, 0) is 4.74 Å². The molecular formula is C15H23ClN2O2. The Morgan fingerprint density at radius 2 is 2.05 bits per heavy atom. The quantitative estimate of drug-likeness (QED) is 0.868. The summed E-state index contributed by atoms with van der Waals surface area (Å²) in [5, 5.41) is 10.1. The van der Waals surface area contributed by atoms with Gasteiger partial charge < -0.3 is 14.7 Å². The Labute approximate surface area is 125 Å². The Hall–Kier alpha value is -0.810. The zero-order chi connectivity index (χ0) is 14.4. The van der Waals surface area contributed by atoms with E-state index in [1.807, 2.05) is 25.1 Å². The zero-order valence-electron chi connectivity index (χ0n) is 12.0. The minimum atomic E-state index is 0.132. The summed E-state index contributed by atoms with van der Waals surface area (Å²) in [6.45, 7) is 8.16. The molecule has 0 amide bonds. The van der Waals surface area contributed by atoms with Crippen LogP contribution in [0.2, 0.25) is 5.02 Å². The van der Waals surface area contributed by atoms with Crippen LogP contribution in [0.25, 0.3) is 0 Å². The molecule has 0 bridgehead atoms. The number of anilines is 1. The largest absolute Gasteiger partial charge is 0.395 e. The summed E-state index contributed by atoms with van der Waals surface area (Å²) >= 11 is 6.39. The van der Waals surface area contributed by atoms with Crippen molar-refractivity contribution >= 4 is 17.3 Å². The third-order valence-electron chi connectivity index (χ3n) is 3.67. The van der Waals surface area contributed by atoms with Crippen molar-refractivity contribution in [1.29, 1.82) is 0 Å². The molecule has 5 heteroatoms. The molecule has 1 aromatic carbocycles. The average Bonchev–Trinajstić information content (AvgIpc) is 2.48. The first-order valence-corrected chi connectivity index (χ1v) is 7.51. The number of morpholine rings is 1. The second kappa shape index (κ2) is 7.84. The molecule has 0 aromatic heterocycles. The number of halogens is 1. The van der Waals surface area contributed by atoms with Gasteiger partial charge in [-0.2, -0.15) is 0 Å². The van der Waals surface area contributed by atoms with Gasteiger partial charge in [-0.25, -0.2) is 0 Å². The normalized spacial score (nSPS) is 16.4. The molecule has 1 N–H and O–H groups in total. The van der Waals surface area contributed by atoms with Crippen LogP contribution in [0.1, 0.15) is 5.56 Å². The van der Waals surface area contributed by atoms with Crippen molar-refractivity contribution in [3.05, 3.63) is 28.8 Å². The van der Waals surface area contributed by atoms with Crippen LogP contribution >= 0.6 is 11.6 Å². The molecule has 112 valence electrons. The molecule has 1 aliphatic rings. The Kier molecular flexibility index (Phi) is 6.10. The van der Waals surface area contributed by atoms with Crippen LogP contribution in [0.3, 0.4) is 0 Å². The Morgan fingerprint density at radius 1 is 1.30 bits per heavy atom. The number of aryl methyl sites for hydroxylation is 1. The average molecular weight is 299 g/mol. The molecule has 0 atom stereocenters. The monoisotopic (exact) mass is 298 g/mol. The van der Waals surface area contributed by atoms with E-state index in [2.05, 4.69) is 9.80 Å². The van der Waals surface area contributed by atoms with Gasteiger partial charge in [-0.05, 0) is 18.6 Å². The molecule has 0 aliphatic carbocycles. The maximum atomic E-state index is 9.28. The molecule has 1 aromatic rings. The maximum absolute atomic E-state index is 9.28. The molecular weight excluding hydrogens is 276 g/mol. The maximum Gasteiger partial charge on any atom is 0.0668 e. The third kappa shape index (κ3) is 4.09. The van der Waals surface area contributed by atoms with Gasteiger partial charge in [0.15, 0.2) is 0 Å². The van der Waals surface area contributed by atoms with Gasteiger partial charge in [-0.3, -0.25) is 4.90 Å². The number of hydrogen-bond donors (Lipinski definition) is 1. The lowest BCUT2D eigenvalue weighted by atomic mass is 10.2. The fourth-order valence-electron chi connectivity index (χ4n) is 2.44. The third-order valence-corrected chi connectivity index (χ3v) is 4.16. The van der Waals surface area contributed by atoms with Gasteiger partial charge in [0.05, 0.1) is 30.5 Å². The van der Waals surface area contributed by atoms with E-state index < -0.39 is 0 Å². The molecule has 2 rings (SSSR count). The minimum absolute atomic E-state index is 0.132. The first kappa shape index (κ1) is 15.6. The van der Waals surface area contributed by atoms with Gasteiger partial charge >= 0.3 is 0 Å². The number of aliphatic hydroxyl groups is 1. The van der Waals surface area contributed by atoms with Gasteiger partial charge in [-0.1, -0.05) is 23.7 Å². The zero-order valence-corrected chi connectivity index (χ0v) is 12.8. The lowest BCUT2D eigenvalue weighted by molar-refractivity contribution is 0.0391. The highest BCUT2D eigenvalue weighted by Crippen LogP contribution is 2.28. The SMILES string of the molecule is Cc1cccc(N(CCO)CCN2CCOCC2)c1Cl. The van der Waals surface area contributed by atoms with E-state index in [1.54, 1.807) is 0 Å². The van der Waals surface area contributed by atoms with Crippen molar-refractivity contribution in [2.75, 3.05) is 57.4 Å². The molecule has 1 aliphatic heterocycles. The van der Waals surface area contributed by atoms with E-state index >= 15 is 0 Å². The van der Waals surface area contributed by atoms with Crippen LogP contribution in [-0.4, -0.2) is 62.6 Å². The molecule has 4 nitrogen and oxygen atoms in total. The fraction of sp³-hybridized carbons (Fsp3) is 0.600. The Bertz CT molecular complexity index is 422. The highest BCUT2D eigenvalue weighted by Gasteiger charge is 2.15. The molecule has 0 saturated carbocycles. The highest BCUT2D eigenvalue weighted by molar-refractivity contribution is 6.34. The van der Waals surface area contributed by atoms with Gasteiger partial charge in [0.2, 0.25) is 0 Å². The summed E-state index contributed by atoms with van der Waals surface area (Å²) in [5.41, 5.74) is 2.08.